The zero-order valence-corrected chi connectivity index (χ0v) is 5.62. The van der Waals surface area contributed by atoms with E-state index in [1.165, 1.54) is 4.90 Å². The highest BCUT2D eigenvalue weighted by Crippen LogP contribution is 2.06. The highest BCUT2D eigenvalue weighted by Gasteiger charge is 2.27. The summed E-state index contributed by atoms with van der Waals surface area (Å²) in [4.78, 5) is 22.4. The van der Waals surface area contributed by atoms with Gasteiger partial charge in [-0.2, -0.15) is 0 Å². The zero-order valence-electron chi connectivity index (χ0n) is 5.62. The van der Waals surface area contributed by atoms with Gasteiger partial charge in [0.25, 0.3) is 0 Å². The van der Waals surface area contributed by atoms with E-state index in [4.69, 9.17) is 5.73 Å². The van der Waals surface area contributed by atoms with Crippen LogP contribution in [-0.4, -0.2) is 36.2 Å². The van der Waals surface area contributed by atoms with Gasteiger partial charge in [0.15, 0.2) is 0 Å². The van der Waals surface area contributed by atoms with Crippen molar-refractivity contribution in [2.24, 2.45) is 5.73 Å². The lowest BCUT2D eigenvalue weighted by atomic mass is 10.3. The van der Waals surface area contributed by atoms with E-state index in [-0.39, 0.29) is 18.5 Å². The Morgan fingerprint density at radius 1 is 1.80 bits per heavy atom. The van der Waals surface area contributed by atoms with Crippen molar-refractivity contribution in [1.29, 1.82) is 0 Å². The molecule has 1 saturated heterocycles. The topological polar surface area (TPSA) is 63.4 Å². The number of nitrogens with two attached hydrogens (primary N) is 1. The smallest absolute Gasteiger partial charge is 0.239 e. The van der Waals surface area contributed by atoms with Crippen LogP contribution in [0, 0.1) is 0 Å². The Kier molecular flexibility index (Phi) is 2.01. The number of carbonyl (C=O) groups excluding carboxylic acids is 2. The Labute approximate surface area is 59.0 Å². The number of hydrogen-bond acceptors (Lipinski definition) is 3. The number of nitrogens with zero attached hydrogens (tertiary/aromatic N) is 1. The van der Waals surface area contributed by atoms with Crippen LogP contribution >= 0.6 is 0 Å². The largest absolute Gasteiger partial charge is 0.334 e. The van der Waals surface area contributed by atoms with E-state index in [1.54, 1.807) is 0 Å². The number of hydrogen-bond donors (Lipinski definition) is 1. The predicted molar refractivity (Wildman–Crippen MR) is 35.2 cm³/mol. The van der Waals surface area contributed by atoms with Crippen molar-refractivity contribution in [3.63, 3.8) is 0 Å². The predicted octanol–water partition coefficient (Wildman–Crippen LogP) is -1.26. The second-order valence-corrected chi connectivity index (χ2v) is 2.35. The molecule has 0 aromatic rings. The van der Waals surface area contributed by atoms with E-state index in [9.17, 15) is 9.59 Å². The molecule has 0 unspecified atom stereocenters. The van der Waals surface area contributed by atoms with E-state index in [2.05, 4.69) is 0 Å². The Balaban J connectivity index is 2.48. The summed E-state index contributed by atoms with van der Waals surface area (Å²) >= 11 is 0. The molecule has 0 saturated carbocycles. The Bertz CT molecular complexity index is 158. The minimum Gasteiger partial charge on any atom is -0.334 e. The summed E-state index contributed by atoms with van der Waals surface area (Å²) < 4.78 is 0. The molecule has 0 spiro atoms. The first-order valence-electron chi connectivity index (χ1n) is 3.23. The molecular weight excluding hydrogens is 132 g/mol. The fourth-order valence-electron chi connectivity index (χ4n) is 1.03. The molecule has 4 heteroatoms. The molecule has 1 fully saturated rings. The van der Waals surface area contributed by atoms with Crippen molar-refractivity contribution in [2.45, 2.75) is 12.5 Å². The molecule has 1 aliphatic rings. The first-order valence-corrected chi connectivity index (χ1v) is 3.23. The minimum absolute atomic E-state index is 0.105. The molecule has 4 nitrogen and oxygen atoms in total. The molecule has 0 aromatic heterocycles. The summed E-state index contributed by atoms with van der Waals surface area (Å²) in [6.07, 6.45) is 1.39. The summed E-state index contributed by atoms with van der Waals surface area (Å²) in [6.45, 7) is 0.811. The summed E-state index contributed by atoms with van der Waals surface area (Å²) in [5.41, 5.74) is 5.39. The third kappa shape index (κ3) is 1.16. The number of carbonyl (C=O) groups is 2. The molecular formula is C6H10N2O2. The zero-order chi connectivity index (χ0) is 7.56. The van der Waals surface area contributed by atoms with Crippen molar-refractivity contribution in [3.05, 3.63) is 0 Å². The molecule has 2 N–H and O–H groups in total. The fraction of sp³-hybridized carbons (Fsp3) is 0.667. The molecule has 1 atom stereocenters. The summed E-state index contributed by atoms with van der Waals surface area (Å²) in [7, 11) is 0. The van der Waals surface area contributed by atoms with Crippen LogP contribution in [0.25, 0.3) is 0 Å². The highest BCUT2D eigenvalue weighted by molar-refractivity contribution is 5.85. The maximum Gasteiger partial charge on any atom is 0.239 e. The van der Waals surface area contributed by atoms with Gasteiger partial charge in [0.2, 0.25) is 5.91 Å². The van der Waals surface area contributed by atoms with Crippen molar-refractivity contribution >= 4 is 12.2 Å². The minimum atomic E-state index is -0.375. The molecule has 0 bridgehead atoms. The van der Waals surface area contributed by atoms with Crippen LogP contribution in [0.4, 0.5) is 0 Å². The number of amides is 1. The second kappa shape index (κ2) is 2.79. The Morgan fingerprint density at radius 3 is 2.90 bits per heavy atom. The monoisotopic (exact) mass is 142 g/mol. The molecule has 1 heterocycles. The summed E-state index contributed by atoms with van der Waals surface area (Å²) in [6, 6.07) is -0.375. The molecule has 1 aliphatic heterocycles. The van der Waals surface area contributed by atoms with Gasteiger partial charge < -0.3 is 15.4 Å². The maximum absolute atomic E-state index is 10.9. The first-order chi connectivity index (χ1) is 4.75. The van der Waals surface area contributed by atoms with E-state index in [0.29, 0.717) is 13.0 Å². The molecule has 1 amide bonds. The summed E-state index contributed by atoms with van der Waals surface area (Å²) in [5, 5.41) is 0. The van der Waals surface area contributed by atoms with Crippen LogP contribution in [0.1, 0.15) is 6.42 Å². The van der Waals surface area contributed by atoms with Gasteiger partial charge in [-0.05, 0) is 6.42 Å². The molecule has 56 valence electrons. The lowest BCUT2D eigenvalue weighted by molar-refractivity contribution is -0.130. The molecule has 0 radical (unpaired) electrons. The van der Waals surface area contributed by atoms with Gasteiger partial charge >= 0.3 is 0 Å². The van der Waals surface area contributed by atoms with Crippen LogP contribution in [0.15, 0.2) is 0 Å². The van der Waals surface area contributed by atoms with Crippen LogP contribution in [-0.2, 0) is 9.59 Å². The number of likely N-dealkylation sites (tertiary alicyclic amines) is 1. The Morgan fingerprint density at radius 2 is 2.50 bits per heavy atom. The van der Waals surface area contributed by atoms with Gasteiger partial charge in [0.05, 0.1) is 12.6 Å². The Hall–Kier alpha value is -0.900. The van der Waals surface area contributed by atoms with Gasteiger partial charge in [-0.25, -0.2) is 0 Å². The molecule has 0 aliphatic carbocycles. The third-order valence-corrected chi connectivity index (χ3v) is 1.63. The van der Waals surface area contributed by atoms with Gasteiger partial charge in [-0.1, -0.05) is 0 Å². The van der Waals surface area contributed by atoms with Crippen LogP contribution in [0.3, 0.4) is 0 Å². The van der Waals surface area contributed by atoms with E-state index in [1.807, 2.05) is 0 Å². The SMILES string of the molecule is N[C@H]1CCN(CC=O)C1=O. The highest BCUT2D eigenvalue weighted by atomic mass is 16.2. The van der Waals surface area contributed by atoms with Crippen molar-refractivity contribution in [1.82, 2.24) is 4.90 Å². The summed E-state index contributed by atoms with van der Waals surface area (Å²) in [5.74, 6) is -0.105. The van der Waals surface area contributed by atoms with E-state index < -0.39 is 0 Å². The van der Waals surface area contributed by atoms with Crippen molar-refractivity contribution in [2.75, 3.05) is 13.1 Å². The van der Waals surface area contributed by atoms with Gasteiger partial charge in [-0.15, -0.1) is 0 Å². The fourth-order valence-corrected chi connectivity index (χ4v) is 1.03. The van der Waals surface area contributed by atoms with Gasteiger partial charge in [0.1, 0.15) is 6.29 Å². The normalized spacial score (nSPS) is 25.5. The van der Waals surface area contributed by atoms with E-state index in [0.717, 1.165) is 6.29 Å². The first kappa shape index (κ1) is 7.21. The average Bonchev–Trinajstić information content (AvgIpc) is 2.20. The maximum atomic E-state index is 10.9. The van der Waals surface area contributed by atoms with Gasteiger partial charge in [0, 0.05) is 6.54 Å². The average molecular weight is 142 g/mol. The third-order valence-electron chi connectivity index (χ3n) is 1.63. The molecule has 0 aromatic carbocycles. The van der Waals surface area contributed by atoms with Crippen LogP contribution in [0.5, 0.6) is 0 Å². The number of aldehydes is 1. The van der Waals surface area contributed by atoms with Crippen molar-refractivity contribution < 1.29 is 9.59 Å². The lowest BCUT2D eigenvalue weighted by Gasteiger charge is -2.10. The second-order valence-electron chi connectivity index (χ2n) is 2.35. The van der Waals surface area contributed by atoms with E-state index >= 15 is 0 Å². The van der Waals surface area contributed by atoms with Crippen LogP contribution < -0.4 is 5.73 Å². The van der Waals surface area contributed by atoms with Crippen LogP contribution in [0.2, 0.25) is 0 Å². The quantitative estimate of drug-likeness (QED) is 0.490. The molecule has 1 rings (SSSR count). The number of rotatable bonds is 2. The van der Waals surface area contributed by atoms with Gasteiger partial charge in [-0.3, -0.25) is 4.79 Å². The lowest BCUT2D eigenvalue weighted by Crippen LogP contribution is -2.34. The van der Waals surface area contributed by atoms with Crippen molar-refractivity contribution in [3.8, 4) is 0 Å². The molecule has 10 heavy (non-hydrogen) atoms. The standard InChI is InChI=1S/C6H10N2O2/c7-5-1-2-8(3-4-9)6(5)10/h4-5H,1-3,7H2/t5-/m0/s1.